The highest BCUT2D eigenvalue weighted by Crippen LogP contribution is 2.57. The lowest BCUT2D eigenvalue weighted by atomic mass is 9.71. The van der Waals surface area contributed by atoms with Crippen molar-refractivity contribution in [3.05, 3.63) is 142 Å². The van der Waals surface area contributed by atoms with Crippen molar-refractivity contribution in [3.8, 4) is 0 Å². The number of unbranched alkanes of at least 4 members (excludes halogenated alkanes) is 16. The molecule has 8 rings (SSSR count). The van der Waals surface area contributed by atoms with Crippen LogP contribution in [0.1, 0.15) is 339 Å². The Balaban J connectivity index is 1.27. The molecule has 416 valence electrons. The summed E-state index contributed by atoms with van der Waals surface area (Å²) in [6, 6.07) is 37.6. The molecule has 0 N–H and O–H groups in total. The van der Waals surface area contributed by atoms with Crippen molar-refractivity contribution >= 4 is 8.25 Å². The van der Waals surface area contributed by atoms with Crippen LogP contribution in [-0.2, 0) is 24.8 Å². The molecule has 4 aromatic carbocycles. The molecule has 4 fully saturated rings. The minimum absolute atomic E-state index is 0.465. The molecule has 4 heteroatoms. The summed E-state index contributed by atoms with van der Waals surface area (Å²) in [4.78, 5) is 0. The van der Waals surface area contributed by atoms with Gasteiger partial charge in [-0.25, -0.2) is 0 Å². The van der Waals surface area contributed by atoms with Gasteiger partial charge in [-0.05, 0) is 145 Å². The molecule has 4 aliphatic carbocycles. The summed E-state index contributed by atoms with van der Waals surface area (Å²) in [7, 11) is -2.69. The third kappa shape index (κ3) is 16.1. The van der Waals surface area contributed by atoms with Crippen LogP contribution in [0.15, 0.2) is 97.1 Å². The fourth-order valence-electron chi connectivity index (χ4n) is 15.3. The molecule has 4 aromatic rings. The molecular weight excluding hydrogens is 944 g/mol. The van der Waals surface area contributed by atoms with Gasteiger partial charge in [-0.1, -0.05) is 291 Å². The van der Waals surface area contributed by atoms with Crippen molar-refractivity contribution in [2.24, 2.45) is 0 Å². The first-order chi connectivity index (χ1) is 37.6. The van der Waals surface area contributed by atoms with E-state index in [1.165, 1.54) is 263 Å². The molecule has 0 aliphatic heterocycles. The molecule has 0 heterocycles. The Hall–Kier alpha value is -3.10. The quantitative estimate of drug-likeness (QED) is 0.0361. The van der Waals surface area contributed by atoms with E-state index in [1.54, 1.807) is 0 Å². The standard InChI is InChI=1S/C72H106O3P/c1-3-5-7-9-11-13-15-17-39-57-71(67-53-35-31-49-63(67)59-41-23-19-24-42-59,68-54-36-32-50-64(68)60-43-25-20-26-44-60)74-76(73)75-72(58-40-18-16-14-12-10-8-6-4-2,69-55-37-33-51-65(69)61-45-27-21-28-46-61)70-56-38-34-52-66(70)62-47-29-22-30-48-62/h31-38,49-56,59-62H,3-30,39-48,57-58H2,1-2H3/q+1. The van der Waals surface area contributed by atoms with E-state index in [2.05, 4.69) is 111 Å². The Kier molecular flexibility index (Phi) is 25.0. The van der Waals surface area contributed by atoms with E-state index in [4.69, 9.17) is 9.05 Å². The zero-order chi connectivity index (χ0) is 52.5. The molecule has 0 spiro atoms. The smallest absolute Gasteiger partial charge is 0.103 e. The first-order valence-electron chi connectivity index (χ1n) is 32.8. The number of hydrogen-bond acceptors (Lipinski definition) is 3. The number of rotatable bonds is 32. The third-order valence-corrected chi connectivity index (χ3v) is 20.4. The first-order valence-corrected chi connectivity index (χ1v) is 33.9. The van der Waals surface area contributed by atoms with Crippen LogP contribution in [0.4, 0.5) is 0 Å². The zero-order valence-electron chi connectivity index (χ0n) is 48.5. The van der Waals surface area contributed by atoms with Crippen molar-refractivity contribution in [2.75, 3.05) is 0 Å². The summed E-state index contributed by atoms with van der Waals surface area (Å²) in [5, 5.41) is 0. The SMILES string of the molecule is CCCCCCCCCCCC(O[P+](=O)OC(CCCCCCCCCCC)(c1ccccc1C1CCCCC1)c1ccccc1C1CCCCC1)(c1ccccc1C1CCCCC1)c1ccccc1C1CCCCC1. The highest BCUT2D eigenvalue weighted by molar-refractivity contribution is 7.33. The average molecular weight is 1050 g/mol. The van der Waals surface area contributed by atoms with E-state index in [0.29, 0.717) is 23.7 Å². The minimum Gasteiger partial charge on any atom is -0.103 e. The molecule has 0 atom stereocenters. The predicted molar refractivity (Wildman–Crippen MR) is 324 cm³/mol. The van der Waals surface area contributed by atoms with E-state index in [0.717, 1.165) is 38.5 Å². The largest absolute Gasteiger partial charge is 0.699 e. The Morgan fingerprint density at radius 3 is 0.803 bits per heavy atom. The monoisotopic (exact) mass is 1050 g/mol. The fraction of sp³-hybridized carbons (Fsp3) is 0.667. The normalized spacial score (nSPS) is 17.8. The van der Waals surface area contributed by atoms with Gasteiger partial charge in [0.15, 0.2) is 11.2 Å². The Morgan fingerprint density at radius 2 is 0.553 bits per heavy atom. The second kappa shape index (κ2) is 32.2. The van der Waals surface area contributed by atoms with E-state index in [9.17, 15) is 0 Å². The molecule has 0 amide bonds. The van der Waals surface area contributed by atoms with Crippen molar-refractivity contribution in [2.45, 2.75) is 306 Å². The van der Waals surface area contributed by atoms with Crippen molar-refractivity contribution < 1.29 is 13.6 Å². The molecule has 0 unspecified atom stereocenters. The maximum atomic E-state index is 16.7. The van der Waals surface area contributed by atoms with Crippen LogP contribution in [-0.4, -0.2) is 0 Å². The highest BCUT2D eigenvalue weighted by atomic mass is 31.1. The molecule has 0 radical (unpaired) electrons. The molecule has 4 saturated carbocycles. The summed E-state index contributed by atoms with van der Waals surface area (Å²) >= 11 is 0. The average Bonchev–Trinajstić information content (AvgIpc) is 3.49. The van der Waals surface area contributed by atoms with Crippen LogP contribution < -0.4 is 0 Å². The molecule has 4 aliphatic rings. The van der Waals surface area contributed by atoms with Gasteiger partial charge in [-0.2, -0.15) is 0 Å². The summed E-state index contributed by atoms with van der Waals surface area (Å²) in [5.41, 5.74) is 8.84. The van der Waals surface area contributed by atoms with Crippen LogP contribution in [0, 0.1) is 0 Å². The summed E-state index contributed by atoms with van der Waals surface area (Å²) < 4.78 is 32.7. The lowest BCUT2D eigenvalue weighted by Gasteiger charge is -2.39. The third-order valence-electron chi connectivity index (χ3n) is 19.5. The van der Waals surface area contributed by atoms with Crippen LogP contribution in [0.5, 0.6) is 0 Å². The lowest BCUT2D eigenvalue weighted by Crippen LogP contribution is -2.36. The van der Waals surface area contributed by atoms with Crippen LogP contribution in [0.2, 0.25) is 0 Å². The van der Waals surface area contributed by atoms with Crippen molar-refractivity contribution in [1.29, 1.82) is 0 Å². The van der Waals surface area contributed by atoms with Crippen LogP contribution >= 0.6 is 8.25 Å². The fourth-order valence-corrected chi connectivity index (χ4v) is 16.4. The van der Waals surface area contributed by atoms with Crippen LogP contribution in [0.25, 0.3) is 0 Å². The van der Waals surface area contributed by atoms with Crippen molar-refractivity contribution in [3.63, 3.8) is 0 Å². The maximum absolute atomic E-state index is 16.7. The zero-order valence-corrected chi connectivity index (χ0v) is 49.4. The highest BCUT2D eigenvalue weighted by Gasteiger charge is 2.54. The van der Waals surface area contributed by atoms with Crippen LogP contribution in [0.3, 0.4) is 0 Å². The minimum atomic E-state index is -2.69. The van der Waals surface area contributed by atoms with E-state index in [1.807, 2.05) is 0 Å². The van der Waals surface area contributed by atoms with E-state index >= 15 is 4.57 Å². The van der Waals surface area contributed by atoms with Crippen molar-refractivity contribution in [1.82, 2.24) is 0 Å². The second-order valence-corrected chi connectivity index (χ2v) is 25.7. The van der Waals surface area contributed by atoms with Gasteiger partial charge in [-0.3, -0.25) is 0 Å². The van der Waals surface area contributed by atoms with Gasteiger partial charge in [0.1, 0.15) is 0 Å². The van der Waals surface area contributed by atoms with Gasteiger partial charge in [0, 0.05) is 4.57 Å². The Morgan fingerprint density at radius 1 is 0.329 bits per heavy atom. The Labute approximate surface area is 466 Å². The topological polar surface area (TPSA) is 35.5 Å². The maximum Gasteiger partial charge on any atom is 0.699 e. The van der Waals surface area contributed by atoms with E-state index < -0.39 is 19.5 Å². The number of benzene rings is 4. The second-order valence-electron chi connectivity index (χ2n) is 24.9. The van der Waals surface area contributed by atoms with Gasteiger partial charge in [0.2, 0.25) is 0 Å². The lowest BCUT2D eigenvalue weighted by molar-refractivity contribution is 0.0313. The molecular formula is C72H106O3P+. The number of hydrogen-bond donors (Lipinski definition) is 0. The molecule has 0 bridgehead atoms. The van der Waals surface area contributed by atoms with Gasteiger partial charge < -0.3 is 0 Å². The van der Waals surface area contributed by atoms with Gasteiger partial charge in [-0.15, -0.1) is 9.05 Å². The van der Waals surface area contributed by atoms with E-state index in [-0.39, 0.29) is 0 Å². The van der Waals surface area contributed by atoms with Gasteiger partial charge in [0.05, 0.1) is 0 Å². The predicted octanol–water partition coefficient (Wildman–Crippen LogP) is 23.6. The molecule has 0 aromatic heterocycles. The van der Waals surface area contributed by atoms with Gasteiger partial charge in [0.25, 0.3) is 0 Å². The molecule has 76 heavy (non-hydrogen) atoms. The Bertz CT molecular complexity index is 1970. The summed E-state index contributed by atoms with van der Waals surface area (Å²) in [5.74, 6) is 1.86. The summed E-state index contributed by atoms with van der Waals surface area (Å²) in [6.07, 6.45) is 49.3. The summed E-state index contributed by atoms with van der Waals surface area (Å²) in [6.45, 7) is 4.63. The van der Waals surface area contributed by atoms with Gasteiger partial charge >= 0.3 is 8.25 Å². The molecule has 3 nitrogen and oxygen atoms in total. The molecule has 0 saturated heterocycles. The first kappa shape index (κ1) is 59.0.